The molecule has 0 saturated heterocycles. The summed E-state index contributed by atoms with van der Waals surface area (Å²) in [6, 6.07) is 44.2. The molecule has 0 spiro atoms. The summed E-state index contributed by atoms with van der Waals surface area (Å²) >= 11 is 7.22. The van der Waals surface area contributed by atoms with Gasteiger partial charge < -0.3 is 0 Å². The minimum absolute atomic E-state index is 0.0260. The summed E-state index contributed by atoms with van der Waals surface area (Å²) in [5.74, 6) is 0. The molecule has 0 fully saturated rings. The number of rotatable bonds is 0. The van der Waals surface area contributed by atoms with Crippen molar-refractivity contribution in [1.82, 2.24) is 18.8 Å². The van der Waals surface area contributed by atoms with E-state index in [1.807, 2.05) is 109 Å². The summed E-state index contributed by atoms with van der Waals surface area (Å²) in [7, 11) is 0. The normalized spacial score (nSPS) is 12.2. The zero-order valence-electron chi connectivity index (χ0n) is 27.1. The first-order valence-electron chi connectivity index (χ1n) is 16.8. The van der Waals surface area contributed by atoms with Gasteiger partial charge in [-0.05, 0) is 76.1 Å². The molecule has 0 aliphatic heterocycles. The number of nitrogens with zero attached hydrogens (tertiary/aromatic N) is 4. The van der Waals surface area contributed by atoms with Gasteiger partial charge in [0.15, 0.2) is 0 Å². The number of hydrogen-bond donors (Lipinski definition) is 0. The fraction of sp³-hybridized carbons (Fsp3) is 0. The fourth-order valence-corrected chi connectivity index (χ4v) is 9.13. The van der Waals surface area contributed by atoms with Crippen molar-refractivity contribution in [3.63, 3.8) is 0 Å². The van der Waals surface area contributed by atoms with Crippen LogP contribution in [0.1, 0.15) is 0 Å². The average Bonchev–Trinajstić information content (AvgIpc) is 3.17. The maximum atomic E-state index is 13.4. The van der Waals surface area contributed by atoms with Gasteiger partial charge in [0.05, 0.1) is 22.1 Å². The van der Waals surface area contributed by atoms with Crippen LogP contribution >= 0.6 is 31.9 Å². The molecule has 4 heterocycles. The van der Waals surface area contributed by atoms with Gasteiger partial charge in [0.1, 0.15) is 11.3 Å². The van der Waals surface area contributed by atoms with Crippen LogP contribution in [0.2, 0.25) is 0 Å². The Morgan fingerprint density at radius 3 is 1.29 bits per heavy atom. The number of halogens is 2. The van der Waals surface area contributed by atoms with Crippen molar-refractivity contribution in [3.8, 4) is 0 Å². The highest BCUT2D eigenvalue weighted by Crippen LogP contribution is 2.36. The zero-order valence-corrected chi connectivity index (χ0v) is 30.2. The number of fused-ring (bicyclic) bond motifs is 6. The van der Waals surface area contributed by atoms with Gasteiger partial charge in [-0.2, -0.15) is 0 Å². The highest BCUT2D eigenvalue weighted by molar-refractivity contribution is 9.11. The second kappa shape index (κ2) is 10.8. The van der Waals surface area contributed by atoms with Crippen LogP contribution in [-0.4, -0.2) is 18.8 Å². The molecule has 12 aromatic rings. The maximum Gasteiger partial charge on any atom is 0.264 e. The zero-order chi connectivity index (χ0) is 34.8. The van der Waals surface area contributed by atoms with E-state index >= 15 is 0 Å². The predicted octanol–water partition coefficient (Wildman–Crippen LogP) is 11.0. The van der Waals surface area contributed by atoms with Gasteiger partial charge in [0, 0.05) is 52.0 Å². The molecule has 12 rings (SSSR count). The average molecular weight is 798 g/mol. The van der Waals surface area contributed by atoms with Crippen LogP contribution in [0.25, 0.3) is 98.0 Å². The third kappa shape index (κ3) is 3.93. The van der Waals surface area contributed by atoms with Crippen molar-refractivity contribution in [3.05, 3.63) is 163 Å². The summed E-state index contributed by atoms with van der Waals surface area (Å²) in [6.07, 6.45) is 0. The third-order valence-electron chi connectivity index (χ3n) is 10.4. The Balaban J connectivity index is 0.000000123. The van der Waals surface area contributed by atoms with Crippen LogP contribution < -0.4 is 11.1 Å². The lowest BCUT2D eigenvalue weighted by Gasteiger charge is -2.14. The van der Waals surface area contributed by atoms with Crippen LogP contribution in [0.15, 0.2) is 152 Å². The molecule has 0 unspecified atom stereocenters. The van der Waals surface area contributed by atoms with E-state index in [0.717, 1.165) is 84.9 Å². The Bertz CT molecular complexity index is 3410. The third-order valence-corrected chi connectivity index (χ3v) is 11.8. The van der Waals surface area contributed by atoms with Gasteiger partial charge in [-0.25, -0.2) is 9.97 Å². The SMILES string of the molecule is O=c1c2ccc(Br)c3cccc(c32)c2nc3cccc4cccc(c43)n12.O=c1c2cccc3c(Br)ccc(c32)c2nc3cccc4cccc(c43)n12. The van der Waals surface area contributed by atoms with Crippen molar-refractivity contribution >= 4 is 130 Å². The standard InChI is InChI=1S/2C22H11BrN2O/c23-16-11-10-14-20-13(16)6-3-7-15(20)22(26)25-18-9-2-5-12-4-1-8-17(19(12)18)24-21(14)25;23-16-11-10-15-20-13(16)6-3-7-14(20)21-24-17-8-1-4-12-5-2-9-18(19(12)17)25(21)22(15)26/h2*1-11H. The molecular weight excluding hydrogens is 776 g/mol. The number of hydrogen-bond acceptors (Lipinski definition) is 4. The number of pyridine rings is 2. The molecule has 4 aromatic heterocycles. The van der Waals surface area contributed by atoms with E-state index < -0.39 is 0 Å². The van der Waals surface area contributed by atoms with Crippen LogP contribution in [0.5, 0.6) is 0 Å². The van der Waals surface area contributed by atoms with E-state index in [-0.39, 0.29) is 11.1 Å². The van der Waals surface area contributed by atoms with Crippen molar-refractivity contribution in [2.75, 3.05) is 0 Å². The summed E-state index contributed by atoms with van der Waals surface area (Å²) in [5, 5.41) is 11.7. The molecule has 0 aliphatic rings. The van der Waals surface area contributed by atoms with Gasteiger partial charge in [-0.1, -0.05) is 111 Å². The summed E-state index contributed by atoms with van der Waals surface area (Å²) in [6.45, 7) is 0. The van der Waals surface area contributed by atoms with Crippen LogP contribution in [0.4, 0.5) is 0 Å². The topological polar surface area (TPSA) is 68.7 Å². The van der Waals surface area contributed by atoms with E-state index in [2.05, 4.69) is 56.1 Å². The molecule has 0 radical (unpaired) electrons. The summed E-state index contributed by atoms with van der Waals surface area (Å²) in [4.78, 5) is 36.6. The van der Waals surface area contributed by atoms with Crippen molar-refractivity contribution in [2.45, 2.75) is 0 Å². The lowest BCUT2D eigenvalue weighted by Crippen LogP contribution is -2.16. The van der Waals surface area contributed by atoms with E-state index in [0.29, 0.717) is 22.1 Å². The second-order valence-electron chi connectivity index (χ2n) is 13.1. The van der Waals surface area contributed by atoms with Crippen LogP contribution in [-0.2, 0) is 0 Å². The Hall–Kier alpha value is -5.96. The number of aromatic nitrogens is 4. The second-order valence-corrected chi connectivity index (χ2v) is 14.8. The Morgan fingerprint density at radius 1 is 0.385 bits per heavy atom. The Morgan fingerprint density at radius 2 is 0.769 bits per heavy atom. The van der Waals surface area contributed by atoms with E-state index in [4.69, 9.17) is 9.97 Å². The van der Waals surface area contributed by atoms with E-state index in [9.17, 15) is 9.59 Å². The molecule has 244 valence electrons. The van der Waals surface area contributed by atoms with Gasteiger partial charge in [0.25, 0.3) is 11.1 Å². The highest BCUT2D eigenvalue weighted by Gasteiger charge is 2.19. The lowest BCUT2D eigenvalue weighted by molar-refractivity contribution is 1.15. The molecule has 0 aliphatic carbocycles. The van der Waals surface area contributed by atoms with Crippen LogP contribution in [0.3, 0.4) is 0 Å². The first-order valence-corrected chi connectivity index (χ1v) is 18.4. The van der Waals surface area contributed by atoms with E-state index in [1.165, 1.54) is 0 Å². The lowest BCUT2D eigenvalue weighted by atomic mass is 10.0. The van der Waals surface area contributed by atoms with Gasteiger partial charge in [-0.15, -0.1) is 0 Å². The molecule has 0 atom stereocenters. The molecule has 8 heteroatoms. The molecule has 8 aromatic carbocycles. The van der Waals surface area contributed by atoms with Gasteiger partial charge in [-0.3, -0.25) is 18.4 Å². The monoisotopic (exact) mass is 796 g/mol. The molecule has 0 N–H and O–H groups in total. The first-order chi connectivity index (χ1) is 25.5. The molecule has 0 saturated carbocycles. The minimum atomic E-state index is -0.0260. The Labute approximate surface area is 310 Å². The molecular formula is C44H22Br2N4O2. The fourth-order valence-electron chi connectivity index (χ4n) is 8.20. The highest BCUT2D eigenvalue weighted by atomic mass is 79.9. The first kappa shape index (κ1) is 29.7. The Kier molecular flexibility index (Phi) is 6.16. The number of benzene rings is 8. The van der Waals surface area contributed by atoms with Crippen molar-refractivity contribution in [1.29, 1.82) is 0 Å². The largest absolute Gasteiger partial charge is 0.268 e. The minimum Gasteiger partial charge on any atom is -0.268 e. The smallest absolute Gasteiger partial charge is 0.264 e. The van der Waals surface area contributed by atoms with Gasteiger partial charge in [0.2, 0.25) is 0 Å². The predicted molar refractivity (Wildman–Crippen MR) is 221 cm³/mol. The molecule has 0 bridgehead atoms. The summed E-state index contributed by atoms with van der Waals surface area (Å²) < 4.78 is 5.50. The summed E-state index contributed by atoms with van der Waals surface area (Å²) in [5.41, 5.74) is 4.98. The van der Waals surface area contributed by atoms with Crippen molar-refractivity contribution in [2.24, 2.45) is 0 Å². The maximum absolute atomic E-state index is 13.4. The van der Waals surface area contributed by atoms with Crippen molar-refractivity contribution < 1.29 is 0 Å². The van der Waals surface area contributed by atoms with E-state index in [1.54, 1.807) is 8.80 Å². The molecule has 0 amide bonds. The molecule has 52 heavy (non-hydrogen) atoms. The van der Waals surface area contributed by atoms with Crippen LogP contribution in [0, 0.1) is 0 Å². The van der Waals surface area contributed by atoms with Gasteiger partial charge >= 0.3 is 0 Å². The molecule has 6 nitrogen and oxygen atoms in total. The quantitative estimate of drug-likeness (QED) is 0.113.